The molecule has 3 heteroatoms. The molecule has 0 aliphatic heterocycles. The van der Waals surface area contributed by atoms with Gasteiger partial charge >= 0.3 is 0 Å². The van der Waals surface area contributed by atoms with Crippen molar-refractivity contribution in [2.24, 2.45) is 0 Å². The largest absolute Gasteiger partial charge is 0.294 e. The van der Waals surface area contributed by atoms with Crippen molar-refractivity contribution in [2.75, 3.05) is 0 Å². The number of benzene rings is 1. The molecule has 1 nitrogen and oxygen atoms in total. The Morgan fingerprint density at radius 2 is 2.12 bits per heavy atom. The van der Waals surface area contributed by atoms with E-state index in [0.717, 1.165) is 12.8 Å². The van der Waals surface area contributed by atoms with Gasteiger partial charge in [-0.3, -0.25) is 4.79 Å². The number of hydrogen-bond acceptors (Lipinski definition) is 2. The van der Waals surface area contributed by atoms with E-state index in [-0.39, 0.29) is 11.6 Å². The normalized spacial score (nSPS) is 10.4. The maximum absolute atomic E-state index is 12.9. The zero-order chi connectivity index (χ0) is 12.1. The van der Waals surface area contributed by atoms with Crippen LogP contribution < -0.4 is 0 Å². The summed E-state index contributed by atoms with van der Waals surface area (Å²) in [4.78, 5) is 13.1. The van der Waals surface area contributed by atoms with Crippen molar-refractivity contribution < 1.29 is 9.18 Å². The van der Waals surface area contributed by atoms with Crippen LogP contribution in [-0.4, -0.2) is 5.78 Å². The van der Waals surface area contributed by atoms with Crippen molar-refractivity contribution in [2.45, 2.75) is 19.3 Å². The highest BCUT2D eigenvalue weighted by Crippen LogP contribution is 2.14. The first-order valence-corrected chi connectivity index (χ1v) is 6.45. The summed E-state index contributed by atoms with van der Waals surface area (Å²) in [5, 5.41) is 2.03. The van der Waals surface area contributed by atoms with Crippen molar-refractivity contribution in [3.05, 3.63) is 58.0 Å². The van der Waals surface area contributed by atoms with E-state index in [1.54, 1.807) is 23.5 Å². The van der Waals surface area contributed by atoms with Crippen LogP contribution in [0.5, 0.6) is 0 Å². The lowest BCUT2D eigenvalue weighted by Gasteiger charge is -2.00. The van der Waals surface area contributed by atoms with E-state index in [2.05, 4.69) is 6.07 Å². The summed E-state index contributed by atoms with van der Waals surface area (Å²) in [5.74, 6) is -0.338. The molecule has 2 aromatic rings. The van der Waals surface area contributed by atoms with E-state index in [1.807, 2.05) is 11.4 Å². The van der Waals surface area contributed by atoms with Crippen molar-refractivity contribution in [3.63, 3.8) is 0 Å². The van der Waals surface area contributed by atoms with Gasteiger partial charge < -0.3 is 0 Å². The van der Waals surface area contributed by atoms with Gasteiger partial charge in [-0.1, -0.05) is 18.2 Å². The minimum Gasteiger partial charge on any atom is -0.294 e. The first kappa shape index (κ1) is 12.0. The fourth-order valence-electron chi connectivity index (χ4n) is 1.68. The third kappa shape index (κ3) is 3.49. The summed E-state index contributed by atoms with van der Waals surface area (Å²) >= 11 is 1.70. The van der Waals surface area contributed by atoms with Gasteiger partial charge in [0.15, 0.2) is 5.78 Å². The first-order chi connectivity index (χ1) is 8.25. The fourth-order valence-corrected chi connectivity index (χ4v) is 2.44. The van der Waals surface area contributed by atoms with Gasteiger partial charge in [-0.15, -0.1) is 11.3 Å². The van der Waals surface area contributed by atoms with Crippen molar-refractivity contribution >= 4 is 17.1 Å². The number of hydrogen-bond donors (Lipinski definition) is 0. The van der Waals surface area contributed by atoms with Crippen LogP contribution in [0.15, 0.2) is 41.8 Å². The highest BCUT2D eigenvalue weighted by atomic mass is 32.1. The molecule has 88 valence electrons. The average molecular weight is 248 g/mol. The van der Waals surface area contributed by atoms with Gasteiger partial charge in [-0.25, -0.2) is 4.39 Å². The highest BCUT2D eigenvalue weighted by molar-refractivity contribution is 7.09. The van der Waals surface area contributed by atoms with Crippen LogP contribution in [0, 0.1) is 5.82 Å². The maximum Gasteiger partial charge on any atom is 0.162 e. The van der Waals surface area contributed by atoms with Gasteiger partial charge in [-0.2, -0.15) is 0 Å². The number of ketones is 1. The third-order valence-corrected chi connectivity index (χ3v) is 3.49. The van der Waals surface area contributed by atoms with Crippen LogP contribution in [-0.2, 0) is 6.42 Å². The first-order valence-electron chi connectivity index (χ1n) is 5.57. The Balaban J connectivity index is 1.85. The van der Waals surface area contributed by atoms with Gasteiger partial charge in [0.05, 0.1) is 0 Å². The molecule has 0 aliphatic carbocycles. The lowest BCUT2D eigenvalue weighted by Crippen LogP contribution is -2.00. The van der Waals surface area contributed by atoms with E-state index >= 15 is 0 Å². The molecule has 0 bridgehead atoms. The smallest absolute Gasteiger partial charge is 0.162 e. The Kier molecular flexibility index (Phi) is 4.04. The van der Waals surface area contributed by atoms with E-state index in [0.29, 0.717) is 12.0 Å². The number of Topliss-reactive ketones (excluding diaryl/α,β-unsaturated/α-hetero) is 1. The predicted molar refractivity (Wildman–Crippen MR) is 68.0 cm³/mol. The van der Waals surface area contributed by atoms with Crippen LogP contribution in [0.3, 0.4) is 0 Å². The zero-order valence-corrected chi connectivity index (χ0v) is 10.2. The molecule has 0 spiro atoms. The Labute approximate surface area is 104 Å². The molecule has 0 aliphatic rings. The lowest BCUT2D eigenvalue weighted by atomic mass is 10.1. The van der Waals surface area contributed by atoms with Crippen LogP contribution in [0.1, 0.15) is 28.1 Å². The number of rotatable bonds is 5. The summed E-state index contributed by atoms with van der Waals surface area (Å²) in [5.41, 5.74) is 0.469. The van der Waals surface area contributed by atoms with Crippen LogP contribution in [0.25, 0.3) is 0 Å². The van der Waals surface area contributed by atoms with Crippen molar-refractivity contribution in [3.8, 4) is 0 Å². The Morgan fingerprint density at radius 1 is 1.24 bits per heavy atom. The number of carbonyl (C=O) groups excluding carboxylic acids is 1. The molecular weight excluding hydrogens is 235 g/mol. The summed E-state index contributed by atoms with van der Waals surface area (Å²) in [6.07, 6.45) is 2.20. The molecule has 0 amide bonds. The summed E-state index contributed by atoms with van der Waals surface area (Å²) in [6.45, 7) is 0. The average Bonchev–Trinajstić information content (AvgIpc) is 2.82. The maximum atomic E-state index is 12.9. The van der Waals surface area contributed by atoms with E-state index in [4.69, 9.17) is 0 Å². The Bertz CT molecular complexity index is 491. The van der Waals surface area contributed by atoms with Gasteiger partial charge in [0, 0.05) is 16.9 Å². The van der Waals surface area contributed by atoms with E-state index in [1.165, 1.54) is 17.0 Å². The monoisotopic (exact) mass is 248 g/mol. The second-order valence-electron chi connectivity index (χ2n) is 3.87. The highest BCUT2D eigenvalue weighted by Gasteiger charge is 2.06. The molecule has 1 aromatic carbocycles. The molecule has 1 heterocycles. The number of thiophene rings is 1. The molecule has 1 aromatic heterocycles. The van der Waals surface area contributed by atoms with E-state index in [9.17, 15) is 9.18 Å². The topological polar surface area (TPSA) is 17.1 Å². The molecule has 2 rings (SSSR count). The standard InChI is InChI=1S/C14H13FOS/c15-12-5-1-4-11(10-12)14(16)8-2-6-13-7-3-9-17-13/h1,3-5,7,9-10H,2,6,8H2. The number of aryl methyl sites for hydroxylation is 1. The van der Waals surface area contributed by atoms with Crippen molar-refractivity contribution in [1.82, 2.24) is 0 Å². The summed E-state index contributed by atoms with van der Waals surface area (Å²) < 4.78 is 12.9. The fraction of sp³-hybridized carbons (Fsp3) is 0.214. The molecule has 0 N–H and O–H groups in total. The SMILES string of the molecule is O=C(CCCc1cccs1)c1cccc(F)c1. The number of carbonyl (C=O) groups is 1. The predicted octanol–water partition coefficient (Wildman–Crippen LogP) is 4.09. The third-order valence-electron chi connectivity index (χ3n) is 2.55. The Morgan fingerprint density at radius 3 is 2.82 bits per heavy atom. The van der Waals surface area contributed by atoms with Crippen LogP contribution >= 0.6 is 11.3 Å². The second-order valence-corrected chi connectivity index (χ2v) is 4.90. The molecular formula is C14H13FOS. The quantitative estimate of drug-likeness (QED) is 0.728. The zero-order valence-electron chi connectivity index (χ0n) is 9.36. The number of halogens is 1. The van der Waals surface area contributed by atoms with E-state index < -0.39 is 0 Å². The molecule has 0 unspecified atom stereocenters. The van der Waals surface area contributed by atoms with Gasteiger partial charge in [0.25, 0.3) is 0 Å². The van der Waals surface area contributed by atoms with Gasteiger partial charge in [0.1, 0.15) is 5.82 Å². The molecule has 17 heavy (non-hydrogen) atoms. The molecule has 0 radical (unpaired) electrons. The second kappa shape index (κ2) is 5.73. The Hall–Kier alpha value is -1.48. The minimum atomic E-state index is -0.353. The van der Waals surface area contributed by atoms with Crippen LogP contribution in [0.2, 0.25) is 0 Å². The van der Waals surface area contributed by atoms with Gasteiger partial charge in [0.2, 0.25) is 0 Å². The molecule has 0 saturated heterocycles. The molecule has 0 saturated carbocycles. The van der Waals surface area contributed by atoms with Crippen molar-refractivity contribution in [1.29, 1.82) is 0 Å². The summed E-state index contributed by atoms with van der Waals surface area (Å²) in [7, 11) is 0. The molecule has 0 atom stereocenters. The lowest BCUT2D eigenvalue weighted by molar-refractivity contribution is 0.0980. The minimum absolute atomic E-state index is 0.0149. The van der Waals surface area contributed by atoms with Gasteiger partial charge in [-0.05, 0) is 36.4 Å². The molecule has 0 fully saturated rings. The van der Waals surface area contributed by atoms with Crippen LogP contribution in [0.4, 0.5) is 4.39 Å². The summed E-state index contributed by atoms with van der Waals surface area (Å²) in [6, 6.07) is 9.96.